The Morgan fingerprint density at radius 2 is 1.86 bits per heavy atom. The van der Waals surface area contributed by atoms with Gasteiger partial charge in [-0.3, -0.25) is 0 Å². The zero-order chi connectivity index (χ0) is 9.23. The first kappa shape index (κ1) is 8.12. The van der Waals surface area contributed by atoms with Crippen LogP contribution in [0.3, 0.4) is 0 Å². The molecule has 4 aliphatic rings. The van der Waals surface area contributed by atoms with E-state index in [1.807, 2.05) is 0 Å². The Morgan fingerprint density at radius 1 is 1.00 bits per heavy atom. The van der Waals surface area contributed by atoms with E-state index in [0.717, 1.165) is 25.0 Å². The van der Waals surface area contributed by atoms with E-state index in [1.54, 1.807) is 0 Å². The highest BCUT2D eigenvalue weighted by atomic mass is 16.6. The molecule has 2 heteroatoms. The van der Waals surface area contributed by atoms with Crippen LogP contribution in [-0.2, 0) is 9.47 Å². The molecule has 0 radical (unpaired) electrons. The first-order chi connectivity index (χ1) is 6.87. The molecular formula is C12H18O2. The molecule has 2 heterocycles. The highest BCUT2D eigenvalue weighted by molar-refractivity contribution is 5.22. The van der Waals surface area contributed by atoms with Crippen molar-refractivity contribution in [1.82, 2.24) is 0 Å². The molecule has 0 aromatic carbocycles. The Hall–Kier alpha value is -0.0800. The van der Waals surface area contributed by atoms with Gasteiger partial charge in [-0.05, 0) is 31.6 Å². The molecule has 2 saturated heterocycles. The lowest BCUT2D eigenvalue weighted by molar-refractivity contribution is -0.187. The summed E-state index contributed by atoms with van der Waals surface area (Å²) in [6, 6.07) is 0. The van der Waals surface area contributed by atoms with Crippen molar-refractivity contribution in [2.75, 3.05) is 13.2 Å². The van der Waals surface area contributed by atoms with Crippen LogP contribution in [0.4, 0.5) is 0 Å². The molecule has 0 unspecified atom stereocenters. The van der Waals surface area contributed by atoms with Gasteiger partial charge in [0.25, 0.3) is 0 Å². The van der Waals surface area contributed by atoms with Crippen molar-refractivity contribution in [3.05, 3.63) is 0 Å². The van der Waals surface area contributed by atoms with Crippen molar-refractivity contribution >= 4 is 0 Å². The van der Waals surface area contributed by atoms with Gasteiger partial charge in [0, 0.05) is 12.5 Å². The summed E-state index contributed by atoms with van der Waals surface area (Å²) in [5, 5.41) is 0. The van der Waals surface area contributed by atoms with Crippen LogP contribution in [0.15, 0.2) is 0 Å². The zero-order valence-corrected chi connectivity index (χ0v) is 8.63. The minimum atomic E-state index is 0.164. The normalized spacial score (nSPS) is 53.1. The van der Waals surface area contributed by atoms with Crippen LogP contribution in [0, 0.1) is 11.8 Å². The molecule has 4 fully saturated rings. The minimum absolute atomic E-state index is 0.164. The Morgan fingerprint density at radius 3 is 2.64 bits per heavy atom. The van der Waals surface area contributed by atoms with E-state index in [2.05, 4.69) is 0 Å². The quantitative estimate of drug-likeness (QED) is 0.588. The Labute approximate surface area is 85.0 Å². The predicted octanol–water partition coefficient (Wildman–Crippen LogP) is 2.12. The molecule has 4 rings (SSSR count). The van der Waals surface area contributed by atoms with Gasteiger partial charge in [-0.2, -0.15) is 0 Å². The summed E-state index contributed by atoms with van der Waals surface area (Å²) in [4.78, 5) is 0. The second kappa shape index (κ2) is 2.35. The van der Waals surface area contributed by atoms with Gasteiger partial charge < -0.3 is 9.47 Å². The van der Waals surface area contributed by atoms with Crippen molar-refractivity contribution in [3.63, 3.8) is 0 Å². The molecule has 3 atom stereocenters. The second-order valence-corrected chi connectivity index (χ2v) is 5.57. The first-order valence-electron chi connectivity index (χ1n) is 6.15. The molecule has 0 bridgehead atoms. The molecule has 0 N–H and O–H groups in total. The number of hydrogen-bond acceptors (Lipinski definition) is 2. The summed E-state index contributed by atoms with van der Waals surface area (Å²) in [6.07, 6.45) is 7.90. The molecule has 0 aromatic heterocycles. The SMILES string of the molecule is C1CCC2(C1)OC[C@H]1C[C@@H]3CCO[C@@]312. The monoisotopic (exact) mass is 194 g/mol. The third kappa shape index (κ3) is 0.646. The fourth-order valence-electron chi connectivity index (χ4n) is 4.73. The standard InChI is InChI=1S/C12H18O2/c1-2-5-11(4-1)12-9(3-6-13-12)7-10(12)8-14-11/h9-10H,1-8H2/t9-,10+,12-/m0/s1. The largest absolute Gasteiger partial charge is 0.372 e. The van der Waals surface area contributed by atoms with Gasteiger partial charge in [0.1, 0.15) is 5.60 Å². The molecule has 2 nitrogen and oxygen atoms in total. The summed E-state index contributed by atoms with van der Waals surface area (Å²) >= 11 is 0. The summed E-state index contributed by atoms with van der Waals surface area (Å²) in [7, 11) is 0. The third-order valence-corrected chi connectivity index (χ3v) is 5.27. The van der Waals surface area contributed by atoms with Crippen molar-refractivity contribution in [2.24, 2.45) is 11.8 Å². The van der Waals surface area contributed by atoms with Crippen LogP contribution in [0.25, 0.3) is 0 Å². The van der Waals surface area contributed by atoms with Crippen LogP contribution in [0.2, 0.25) is 0 Å². The smallest absolute Gasteiger partial charge is 0.105 e. The van der Waals surface area contributed by atoms with E-state index in [-0.39, 0.29) is 11.2 Å². The van der Waals surface area contributed by atoms with Crippen LogP contribution < -0.4 is 0 Å². The van der Waals surface area contributed by atoms with Crippen LogP contribution in [0.5, 0.6) is 0 Å². The predicted molar refractivity (Wildman–Crippen MR) is 52.0 cm³/mol. The minimum Gasteiger partial charge on any atom is -0.372 e. The number of rotatable bonds is 0. The van der Waals surface area contributed by atoms with Gasteiger partial charge in [-0.25, -0.2) is 0 Å². The molecule has 2 saturated carbocycles. The van der Waals surface area contributed by atoms with Crippen molar-refractivity contribution in [1.29, 1.82) is 0 Å². The average molecular weight is 194 g/mol. The van der Waals surface area contributed by atoms with E-state index in [4.69, 9.17) is 9.47 Å². The molecular weight excluding hydrogens is 176 g/mol. The summed E-state index contributed by atoms with van der Waals surface area (Å²) in [5.74, 6) is 1.58. The number of ether oxygens (including phenoxy) is 2. The lowest BCUT2D eigenvalue weighted by Gasteiger charge is -2.53. The summed E-state index contributed by atoms with van der Waals surface area (Å²) in [6.45, 7) is 1.97. The highest BCUT2D eigenvalue weighted by Gasteiger charge is 2.73. The average Bonchev–Trinajstić information content (AvgIpc) is 2.80. The van der Waals surface area contributed by atoms with E-state index in [9.17, 15) is 0 Å². The van der Waals surface area contributed by atoms with Crippen molar-refractivity contribution < 1.29 is 9.47 Å². The Bertz CT molecular complexity index is 263. The maximum Gasteiger partial charge on any atom is 0.105 e. The summed E-state index contributed by atoms with van der Waals surface area (Å²) < 4.78 is 12.3. The third-order valence-electron chi connectivity index (χ3n) is 5.27. The van der Waals surface area contributed by atoms with Crippen LogP contribution in [-0.4, -0.2) is 24.4 Å². The van der Waals surface area contributed by atoms with Gasteiger partial charge in [-0.15, -0.1) is 0 Å². The van der Waals surface area contributed by atoms with Crippen molar-refractivity contribution in [2.45, 2.75) is 49.7 Å². The lowest BCUT2D eigenvalue weighted by atomic mass is 9.55. The van der Waals surface area contributed by atoms with Gasteiger partial charge in [0.15, 0.2) is 0 Å². The fraction of sp³-hybridized carbons (Fsp3) is 1.00. The first-order valence-corrected chi connectivity index (χ1v) is 6.15. The zero-order valence-electron chi connectivity index (χ0n) is 8.63. The molecule has 14 heavy (non-hydrogen) atoms. The second-order valence-electron chi connectivity index (χ2n) is 5.57. The van der Waals surface area contributed by atoms with Gasteiger partial charge in [0.05, 0.1) is 12.2 Å². The fourth-order valence-corrected chi connectivity index (χ4v) is 4.73. The van der Waals surface area contributed by atoms with Gasteiger partial charge in [-0.1, -0.05) is 12.8 Å². The molecule has 2 spiro atoms. The highest BCUT2D eigenvalue weighted by Crippen LogP contribution is 2.66. The number of hydrogen-bond donors (Lipinski definition) is 0. The van der Waals surface area contributed by atoms with E-state index >= 15 is 0 Å². The Kier molecular flexibility index (Phi) is 1.37. The van der Waals surface area contributed by atoms with E-state index in [0.29, 0.717) is 0 Å². The topological polar surface area (TPSA) is 18.5 Å². The van der Waals surface area contributed by atoms with Crippen LogP contribution >= 0.6 is 0 Å². The molecule has 0 amide bonds. The van der Waals surface area contributed by atoms with E-state index < -0.39 is 0 Å². The maximum atomic E-state index is 6.18. The molecule has 2 aliphatic heterocycles. The van der Waals surface area contributed by atoms with Crippen molar-refractivity contribution in [3.8, 4) is 0 Å². The summed E-state index contributed by atoms with van der Waals surface area (Å²) in [5.41, 5.74) is 0.362. The van der Waals surface area contributed by atoms with Gasteiger partial charge >= 0.3 is 0 Å². The van der Waals surface area contributed by atoms with E-state index in [1.165, 1.54) is 38.5 Å². The Balaban J connectivity index is 1.79. The van der Waals surface area contributed by atoms with Crippen LogP contribution in [0.1, 0.15) is 38.5 Å². The van der Waals surface area contributed by atoms with Gasteiger partial charge in [0.2, 0.25) is 0 Å². The molecule has 78 valence electrons. The molecule has 2 aliphatic carbocycles. The maximum absolute atomic E-state index is 6.18. The molecule has 0 aromatic rings. The lowest BCUT2D eigenvalue weighted by Crippen LogP contribution is -2.63.